The van der Waals surface area contributed by atoms with E-state index in [0.29, 0.717) is 5.02 Å². The highest BCUT2D eigenvalue weighted by molar-refractivity contribution is 6.31. The van der Waals surface area contributed by atoms with Crippen molar-refractivity contribution in [1.29, 1.82) is 0 Å². The molecule has 0 saturated heterocycles. The van der Waals surface area contributed by atoms with E-state index in [4.69, 9.17) is 11.6 Å². The minimum Gasteiger partial charge on any atom is -0.393 e. The summed E-state index contributed by atoms with van der Waals surface area (Å²) in [5.74, 6) is 0.273. The van der Waals surface area contributed by atoms with Crippen molar-refractivity contribution in [3.8, 4) is 0 Å². The number of nitrogens with zero attached hydrogens (tertiary/aromatic N) is 1. The molecule has 2 unspecified atom stereocenters. The minimum atomic E-state index is -0.288. The lowest BCUT2D eigenvalue weighted by molar-refractivity contribution is 0.123. The van der Waals surface area contributed by atoms with Crippen LogP contribution in [0, 0.1) is 5.92 Å². The van der Waals surface area contributed by atoms with Crippen LogP contribution < -0.4 is 0 Å². The van der Waals surface area contributed by atoms with Gasteiger partial charge in [-0.15, -0.1) is 0 Å². The summed E-state index contributed by atoms with van der Waals surface area (Å²) in [5, 5.41) is 10.2. The van der Waals surface area contributed by atoms with Crippen molar-refractivity contribution in [2.75, 3.05) is 0 Å². The zero-order valence-corrected chi connectivity index (χ0v) is 9.33. The average molecular weight is 214 g/mol. The first-order valence-electron chi connectivity index (χ1n) is 4.91. The Morgan fingerprint density at radius 1 is 1.57 bits per heavy atom. The molecule has 2 atom stereocenters. The number of hydrogen-bond acceptors (Lipinski definition) is 2. The Morgan fingerprint density at radius 3 is 2.79 bits per heavy atom. The van der Waals surface area contributed by atoms with Crippen LogP contribution in [0.2, 0.25) is 5.02 Å². The largest absolute Gasteiger partial charge is 0.393 e. The molecule has 0 aliphatic carbocycles. The van der Waals surface area contributed by atoms with E-state index >= 15 is 0 Å². The molecule has 0 fully saturated rings. The minimum absolute atomic E-state index is 0.273. The Balaban J connectivity index is 2.72. The molecule has 1 aromatic heterocycles. The molecule has 0 aliphatic heterocycles. The van der Waals surface area contributed by atoms with Gasteiger partial charge in [-0.1, -0.05) is 24.9 Å². The van der Waals surface area contributed by atoms with Crippen molar-refractivity contribution in [3.63, 3.8) is 0 Å². The van der Waals surface area contributed by atoms with Gasteiger partial charge in [-0.25, -0.2) is 0 Å². The molecule has 0 aromatic carbocycles. The fourth-order valence-electron chi connectivity index (χ4n) is 1.51. The first-order chi connectivity index (χ1) is 6.65. The number of rotatable bonds is 4. The second-order valence-electron chi connectivity index (χ2n) is 3.58. The van der Waals surface area contributed by atoms with Gasteiger partial charge < -0.3 is 5.11 Å². The number of aliphatic hydroxyl groups is 1. The van der Waals surface area contributed by atoms with Crippen molar-refractivity contribution in [1.82, 2.24) is 4.98 Å². The van der Waals surface area contributed by atoms with E-state index in [1.54, 1.807) is 12.4 Å². The first-order valence-corrected chi connectivity index (χ1v) is 5.29. The van der Waals surface area contributed by atoms with Crippen LogP contribution in [0.5, 0.6) is 0 Å². The molecule has 1 heterocycles. The third-order valence-corrected chi connectivity index (χ3v) is 2.89. The zero-order chi connectivity index (χ0) is 10.6. The quantitative estimate of drug-likeness (QED) is 0.835. The molecule has 2 nitrogen and oxygen atoms in total. The van der Waals surface area contributed by atoms with Crippen LogP contribution in [0.15, 0.2) is 18.5 Å². The fraction of sp³-hybridized carbons (Fsp3) is 0.545. The molecule has 0 bridgehead atoms. The summed E-state index contributed by atoms with van der Waals surface area (Å²) in [7, 11) is 0. The maximum atomic E-state index is 9.51. The summed E-state index contributed by atoms with van der Waals surface area (Å²) in [6.07, 6.45) is 4.86. The van der Waals surface area contributed by atoms with Crippen LogP contribution >= 0.6 is 11.6 Å². The van der Waals surface area contributed by atoms with Gasteiger partial charge >= 0.3 is 0 Å². The number of halogens is 1. The number of hydrogen-bond donors (Lipinski definition) is 1. The van der Waals surface area contributed by atoms with Crippen LogP contribution in [0.4, 0.5) is 0 Å². The normalized spacial score (nSPS) is 15.1. The Labute approximate surface area is 89.9 Å². The van der Waals surface area contributed by atoms with Gasteiger partial charge in [0.05, 0.1) is 11.1 Å². The van der Waals surface area contributed by atoms with Crippen molar-refractivity contribution >= 4 is 11.6 Å². The van der Waals surface area contributed by atoms with Gasteiger partial charge in [0.2, 0.25) is 0 Å². The van der Waals surface area contributed by atoms with Crippen LogP contribution in [0.1, 0.15) is 25.8 Å². The molecule has 78 valence electrons. The summed E-state index contributed by atoms with van der Waals surface area (Å²) in [5.41, 5.74) is 1.06. The Morgan fingerprint density at radius 2 is 2.29 bits per heavy atom. The Bertz CT molecular complexity index is 288. The van der Waals surface area contributed by atoms with Gasteiger partial charge in [0.15, 0.2) is 0 Å². The first kappa shape index (κ1) is 11.5. The molecule has 1 rings (SSSR count). The van der Waals surface area contributed by atoms with Crippen molar-refractivity contribution < 1.29 is 5.11 Å². The van der Waals surface area contributed by atoms with Crippen LogP contribution in [-0.2, 0) is 6.42 Å². The molecular formula is C11H16ClNO. The number of pyridine rings is 1. The van der Waals surface area contributed by atoms with Crippen molar-refractivity contribution in [3.05, 3.63) is 29.0 Å². The zero-order valence-electron chi connectivity index (χ0n) is 8.57. The molecule has 0 aliphatic rings. The topological polar surface area (TPSA) is 33.1 Å². The van der Waals surface area contributed by atoms with Crippen molar-refractivity contribution in [2.45, 2.75) is 32.8 Å². The van der Waals surface area contributed by atoms with Crippen LogP contribution in [-0.4, -0.2) is 16.2 Å². The van der Waals surface area contributed by atoms with Gasteiger partial charge in [0.1, 0.15) is 0 Å². The molecule has 0 spiro atoms. The summed E-state index contributed by atoms with van der Waals surface area (Å²) in [6.45, 7) is 3.90. The van der Waals surface area contributed by atoms with Crippen LogP contribution in [0.25, 0.3) is 0 Å². The fourth-order valence-corrected chi connectivity index (χ4v) is 1.70. The van der Waals surface area contributed by atoms with Crippen LogP contribution in [0.3, 0.4) is 0 Å². The lowest BCUT2D eigenvalue weighted by Crippen LogP contribution is -2.18. The van der Waals surface area contributed by atoms with E-state index < -0.39 is 0 Å². The number of aromatic nitrogens is 1. The van der Waals surface area contributed by atoms with Gasteiger partial charge in [0, 0.05) is 12.4 Å². The predicted molar refractivity (Wildman–Crippen MR) is 58.4 cm³/mol. The molecule has 0 radical (unpaired) electrons. The molecule has 3 heteroatoms. The molecule has 1 aromatic rings. The van der Waals surface area contributed by atoms with Gasteiger partial charge in [0.25, 0.3) is 0 Å². The monoisotopic (exact) mass is 213 g/mol. The third kappa shape index (κ3) is 2.96. The van der Waals surface area contributed by atoms with E-state index in [1.807, 2.05) is 13.0 Å². The van der Waals surface area contributed by atoms with E-state index in [0.717, 1.165) is 18.4 Å². The highest BCUT2D eigenvalue weighted by Crippen LogP contribution is 2.21. The Kier molecular flexibility index (Phi) is 4.36. The summed E-state index contributed by atoms with van der Waals surface area (Å²) in [6, 6.07) is 1.91. The van der Waals surface area contributed by atoms with E-state index in [9.17, 15) is 5.11 Å². The van der Waals surface area contributed by atoms with Gasteiger partial charge in [-0.05, 0) is 30.9 Å². The summed E-state index contributed by atoms with van der Waals surface area (Å²) in [4.78, 5) is 3.93. The molecule has 14 heavy (non-hydrogen) atoms. The Hall–Kier alpha value is -0.600. The lowest BCUT2D eigenvalue weighted by Gasteiger charge is -2.18. The smallest absolute Gasteiger partial charge is 0.0621 e. The van der Waals surface area contributed by atoms with Gasteiger partial charge in [-0.2, -0.15) is 0 Å². The maximum absolute atomic E-state index is 9.51. The molecule has 0 saturated carbocycles. The highest BCUT2D eigenvalue weighted by Gasteiger charge is 2.14. The van der Waals surface area contributed by atoms with E-state index in [1.165, 1.54) is 0 Å². The lowest BCUT2D eigenvalue weighted by atomic mass is 9.93. The van der Waals surface area contributed by atoms with E-state index in [2.05, 4.69) is 11.9 Å². The van der Waals surface area contributed by atoms with E-state index in [-0.39, 0.29) is 12.0 Å². The van der Waals surface area contributed by atoms with Crippen molar-refractivity contribution in [2.24, 2.45) is 5.92 Å². The van der Waals surface area contributed by atoms with Gasteiger partial charge in [-0.3, -0.25) is 4.98 Å². The maximum Gasteiger partial charge on any atom is 0.0621 e. The number of aliphatic hydroxyl groups excluding tert-OH is 1. The molecule has 1 N–H and O–H groups in total. The summed E-state index contributed by atoms with van der Waals surface area (Å²) < 4.78 is 0. The highest BCUT2D eigenvalue weighted by atomic mass is 35.5. The second-order valence-corrected chi connectivity index (χ2v) is 3.99. The third-order valence-electron chi connectivity index (χ3n) is 2.55. The predicted octanol–water partition coefficient (Wildman–Crippen LogP) is 2.68. The molecule has 0 amide bonds. The summed E-state index contributed by atoms with van der Waals surface area (Å²) >= 11 is 5.99. The average Bonchev–Trinajstić information content (AvgIpc) is 2.16. The molecular weight excluding hydrogens is 198 g/mol. The second kappa shape index (κ2) is 5.32. The standard InChI is InChI=1S/C11H16ClNO/c1-3-9(8(2)14)6-10-4-5-13-7-11(10)12/h4-5,7-9,14H,3,6H2,1-2H3. The SMILES string of the molecule is CCC(Cc1ccncc1Cl)C(C)O.